The van der Waals surface area contributed by atoms with Crippen LogP contribution < -0.4 is 0 Å². The first-order chi connectivity index (χ1) is 7.38. The number of hydrogen-bond acceptors (Lipinski definition) is 4. The van der Waals surface area contributed by atoms with Crippen LogP contribution in [0.1, 0.15) is 17.3 Å². The summed E-state index contributed by atoms with van der Waals surface area (Å²) in [5.41, 5.74) is 1.11. The van der Waals surface area contributed by atoms with E-state index >= 15 is 0 Å². The van der Waals surface area contributed by atoms with E-state index in [2.05, 4.69) is 10.1 Å². The molecule has 0 radical (unpaired) electrons. The summed E-state index contributed by atoms with van der Waals surface area (Å²) in [6.45, 7) is 0. The Labute approximate surface area is 86.9 Å². The van der Waals surface area contributed by atoms with Gasteiger partial charge in [0.1, 0.15) is 6.29 Å². The van der Waals surface area contributed by atoms with Gasteiger partial charge in [-0.25, -0.2) is 0 Å². The molecular formula is C11H10N2O2. The zero-order valence-electron chi connectivity index (χ0n) is 8.09. The second-order valence-corrected chi connectivity index (χ2v) is 3.14. The highest BCUT2D eigenvalue weighted by Gasteiger charge is 2.05. The van der Waals surface area contributed by atoms with Crippen LogP contribution in [0.2, 0.25) is 0 Å². The molecule has 2 rings (SSSR count). The molecule has 2 aromatic rings. The molecule has 0 N–H and O–H groups in total. The number of hydrogen-bond donors (Lipinski definition) is 0. The molecule has 0 saturated heterocycles. The molecule has 0 aliphatic rings. The molecule has 15 heavy (non-hydrogen) atoms. The minimum atomic E-state index is 0.207. The van der Waals surface area contributed by atoms with Crippen molar-refractivity contribution >= 4 is 6.29 Å². The molecule has 0 aliphatic heterocycles. The van der Waals surface area contributed by atoms with Gasteiger partial charge in [0.05, 0.1) is 12.8 Å². The lowest BCUT2D eigenvalue weighted by Crippen LogP contribution is -1.90. The molecule has 0 amide bonds. The van der Waals surface area contributed by atoms with Crippen LogP contribution in [0, 0.1) is 0 Å². The predicted molar refractivity (Wildman–Crippen MR) is 53.3 cm³/mol. The van der Waals surface area contributed by atoms with Gasteiger partial charge in [-0.2, -0.15) is 4.98 Å². The smallest absolute Gasteiger partial charge is 0.231 e. The Kier molecular flexibility index (Phi) is 2.88. The Balaban J connectivity index is 2.08. The van der Waals surface area contributed by atoms with E-state index in [1.165, 1.54) is 0 Å². The zero-order chi connectivity index (χ0) is 10.5. The van der Waals surface area contributed by atoms with Gasteiger partial charge in [-0.3, -0.25) is 0 Å². The van der Waals surface area contributed by atoms with Crippen LogP contribution >= 0.6 is 0 Å². The number of carbonyl (C=O) groups excluding carboxylic acids is 1. The van der Waals surface area contributed by atoms with Gasteiger partial charge in [-0.15, -0.1) is 0 Å². The molecule has 0 aliphatic carbocycles. The normalized spacial score (nSPS) is 10.1. The van der Waals surface area contributed by atoms with Gasteiger partial charge >= 0.3 is 0 Å². The summed E-state index contributed by atoms with van der Waals surface area (Å²) in [5.74, 6) is 0.981. The molecule has 4 nitrogen and oxygen atoms in total. The van der Waals surface area contributed by atoms with Gasteiger partial charge in [0.15, 0.2) is 5.82 Å². The number of aldehydes is 1. The van der Waals surface area contributed by atoms with Crippen LogP contribution in [0.25, 0.3) is 0 Å². The van der Waals surface area contributed by atoms with Crippen molar-refractivity contribution < 1.29 is 9.32 Å². The van der Waals surface area contributed by atoms with Gasteiger partial charge in [-0.05, 0) is 5.56 Å². The first kappa shape index (κ1) is 9.58. The van der Waals surface area contributed by atoms with Crippen LogP contribution in [-0.2, 0) is 17.6 Å². The Morgan fingerprint density at radius 3 is 2.80 bits per heavy atom. The second-order valence-electron chi connectivity index (χ2n) is 3.14. The minimum absolute atomic E-state index is 0.207. The standard InChI is InChI=1S/C11H10N2O2/c14-7-6-10-12-11(15-13-10)8-9-4-2-1-3-5-9/h1-5,7H,6,8H2. The molecule has 1 heterocycles. The maximum Gasteiger partial charge on any atom is 0.231 e. The van der Waals surface area contributed by atoms with Crippen molar-refractivity contribution in [1.82, 2.24) is 10.1 Å². The van der Waals surface area contributed by atoms with Crippen molar-refractivity contribution in [3.63, 3.8) is 0 Å². The number of carbonyl (C=O) groups is 1. The highest BCUT2D eigenvalue weighted by Crippen LogP contribution is 2.06. The molecule has 0 saturated carbocycles. The van der Waals surface area contributed by atoms with Gasteiger partial charge in [-0.1, -0.05) is 35.5 Å². The average molecular weight is 202 g/mol. The van der Waals surface area contributed by atoms with E-state index in [-0.39, 0.29) is 6.42 Å². The first-order valence-electron chi connectivity index (χ1n) is 4.67. The van der Waals surface area contributed by atoms with Crippen LogP contribution in [0.4, 0.5) is 0 Å². The van der Waals surface area contributed by atoms with E-state index in [0.29, 0.717) is 18.1 Å². The number of nitrogens with zero attached hydrogens (tertiary/aromatic N) is 2. The number of benzene rings is 1. The Bertz CT molecular complexity index is 437. The monoisotopic (exact) mass is 202 g/mol. The largest absolute Gasteiger partial charge is 0.339 e. The third kappa shape index (κ3) is 2.49. The molecule has 1 aromatic carbocycles. The summed E-state index contributed by atoms with van der Waals surface area (Å²) in [5, 5.41) is 3.68. The topological polar surface area (TPSA) is 56.0 Å². The third-order valence-corrected chi connectivity index (χ3v) is 1.97. The van der Waals surface area contributed by atoms with Gasteiger partial charge in [0, 0.05) is 0 Å². The van der Waals surface area contributed by atoms with Crippen LogP contribution in [0.3, 0.4) is 0 Å². The van der Waals surface area contributed by atoms with E-state index in [0.717, 1.165) is 11.8 Å². The molecular weight excluding hydrogens is 192 g/mol. The third-order valence-electron chi connectivity index (χ3n) is 1.97. The van der Waals surface area contributed by atoms with E-state index in [9.17, 15) is 4.79 Å². The molecule has 0 fully saturated rings. The van der Waals surface area contributed by atoms with Gasteiger partial charge < -0.3 is 9.32 Å². The SMILES string of the molecule is O=CCc1noc(Cc2ccccc2)n1. The lowest BCUT2D eigenvalue weighted by atomic mass is 10.1. The van der Waals surface area contributed by atoms with Crippen molar-refractivity contribution in [2.45, 2.75) is 12.8 Å². The highest BCUT2D eigenvalue weighted by molar-refractivity contribution is 5.52. The van der Waals surface area contributed by atoms with Crippen molar-refractivity contribution in [2.24, 2.45) is 0 Å². The highest BCUT2D eigenvalue weighted by atomic mass is 16.5. The lowest BCUT2D eigenvalue weighted by molar-refractivity contribution is -0.107. The zero-order valence-corrected chi connectivity index (χ0v) is 8.09. The second kappa shape index (κ2) is 4.50. The fraction of sp³-hybridized carbons (Fsp3) is 0.182. The summed E-state index contributed by atoms with van der Waals surface area (Å²) < 4.78 is 5.00. The summed E-state index contributed by atoms with van der Waals surface area (Å²) in [6, 6.07) is 9.85. The Morgan fingerprint density at radius 1 is 1.27 bits per heavy atom. The van der Waals surface area contributed by atoms with Gasteiger partial charge in [0.25, 0.3) is 0 Å². The van der Waals surface area contributed by atoms with Gasteiger partial charge in [0.2, 0.25) is 5.89 Å². The molecule has 4 heteroatoms. The summed E-state index contributed by atoms with van der Waals surface area (Å²) >= 11 is 0. The quantitative estimate of drug-likeness (QED) is 0.703. The first-order valence-corrected chi connectivity index (χ1v) is 4.67. The van der Waals surface area contributed by atoms with Crippen LogP contribution in [0.15, 0.2) is 34.9 Å². The number of aromatic nitrogens is 2. The molecule has 0 spiro atoms. The van der Waals surface area contributed by atoms with Crippen molar-refractivity contribution in [2.75, 3.05) is 0 Å². The maximum absolute atomic E-state index is 10.2. The average Bonchev–Trinajstić information content (AvgIpc) is 2.68. The number of rotatable bonds is 4. The summed E-state index contributed by atoms with van der Waals surface area (Å²) in [6.07, 6.45) is 1.57. The molecule has 0 unspecified atom stereocenters. The fourth-order valence-electron chi connectivity index (χ4n) is 1.29. The fourth-order valence-corrected chi connectivity index (χ4v) is 1.29. The van der Waals surface area contributed by atoms with Crippen LogP contribution in [-0.4, -0.2) is 16.4 Å². The van der Waals surface area contributed by atoms with Crippen molar-refractivity contribution in [1.29, 1.82) is 0 Å². The molecule has 1 aromatic heterocycles. The summed E-state index contributed by atoms with van der Waals surface area (Å²) in [7, 11) is 0. The van der Waals surface area contributed by atoms with Crippen molar-refractivity contribution in [3.8, 4) is 0 Å². The van der Waals surface area contributed by atoms with E-state index in [1.807, 2.05) is 30.3 Å². The summed E-state index contributed by atoms with van der Waals surface area (Å²) in [4.78, 5) is 14.3. The molecule has 76 valence electrons. The Morgan fingerprint density at radius 2 is 2.07 bits per heavy atom. The predicted octanol–water partition coefficient (Wildman–Crippen LogP) is 1.40. The van der Waals surface area contributed by atoms with E-state index in [4.69, 9.17) is 4.52 Å². The molecule has 0 bridgehead atoms. The van der Waals surface area contributed by atoms with E-state index in [1.54, 1.807) is 0 Å². The Hall–Kier alpha value is -1.97. The van der Waals surface area contributed by atoms with Crippen molar-refractivity contribution in [3.05, 3.63) is 47.6 Å². The van der Waals surface area contributed by atoms with E-state index < -0.39 is 0 Å². The minimum Gasteiger partial charge on any atom is -0.339 e. The van der Waals surface area contributed by atoms with Crippen LogP contribution in [0.5, 0.6) is 0 Å². The lowest BCUT2D eigenvalue weighted by Gasteiger charge is -1.93. The molecule has 0 atom stereocenters. The maximum atomic E-state index is 10.2.